The van der Waals surface area contributed by atoms with Gasteiger partial charge in [-0.2, -0.15) is 0 Å². The SMILES string of the molecule is COc1ccc2c3c1OC1C(O)C=C[C@@H]4[C@@H](C2)N(C)CC[C@]314. The zero-order chi connectivity index (χ0) is 15.1. The van der Waals surface area contributed by atoms with Gasteiger partial charge in [0.25, 0.3) is 0 Å². The van der Waals surface area contributed by atoms with E-state index in [4.69, 9.17) is 9.47 Å². The van der Waals surface area contributed by atoms with Gasteiger partial charge in [-0.25, -0.2) is 0 Å². The zero-order valence-electron chi connectivity index (χ0n) is 13.0. The summed E-state index contributed by atoms with van der Waals surface area (Å²) in [7, 11) is 3.91. The Hall–Kier alpha value is -1.52. The molecule has 2 unspecified atom stereocenters. The number of likely N-dealkylation sites (N-methyl/N-ethyl adjacent to an activating group) is 1. The standard InChI is InChI=1S/C18H21NO3/c1-19-8-7-18-11-4-5-13(20)17(18)22-16-14(21-2)6-3-10(15(16)18)9-12(11)19/h3-6,11-13,17,20H,7-9H2,1-2H3/t11-,12-,13?,17?,18+/m1/s1. The molecule has 2 heterocycles. The van der Waals surface area contributed by atoms with Crippen LogP contribution in [0.4, 0.5) is 0 Å². The molecule has 1 spiro atoms. The lowest BCUT2D eigenvalue weighted by Crippen LogP contribution is -2.64. The summed E-state index contributed by atoms with van der Waals surface area (Å²) in [6, 6.07) is 4.70. The predicted octanol–water partition coefficient (Wildman–Crippen LogP) is 1.50. The average Bonchev–Trinajstić information content (AvgIpc) is 2.88. The molecule has 2 aliphatic heterocycles. The monoisotopic (exact) mass is 299 g/mol. The second-order valence-electron chi connectivity index (χ2n) is 7.11. The van der Waals surface area contributed by atoms with Crippen molar-refractivity contribution in [3.63, 3.8) is 0 Å². The summed E-state index contributed by atoms with van der Waals surface area (Å²) >= 11 is 0. The topological polar surface area (TPSA) is 41.9 Å². The highest BCUT2D eigenvalue weighted by atomic mass is 16.5. The Balaban J connectivity index is 1.82. The fourth-order valence-electron chi connectivity index (χ4n) is 5.39. The van der Waals surface area contributed by atoms with Crippen molar-refractivity contribution < 1.29 is 14.6 Å². The summed E-state index contributed by atoms with van der Waals surface area (Å²) in [5.74, 6) is 2.09. The van der Waals surface area contributed by atoms with Gasteiger partial charge in [0.05, 0.1) is 7.11 Å². The number of aliphatic hydroxyl groups excluding tert-OH is 1. The van der Waals surface area contributed by atoms with Crippen molar-refractivity contribution in [2.45, 2.75) is 36.5 Å². The molecule has 5 atom stereocenters. The molecule has 0 aromatic heterocycles. The van der Waals surface area contributed by atoms with Gasteiger partial charge in [-0.15, -0.1) is 0 Å². The molecule has 0 radical (unpaired) electrons. The number of aliphatic hydroxyl groups is 1. The molecule has 1 saturated heterocycles. The molecule has 0 saturated carbocycles. The van der Waals surface area contributed by atoms with Crippen molar-refractivity contribution in [2.75, 3.05) is 20.7 Å². The van der Waals surface area contributed by atoms with Crippen LogP contribution in [-0.2, 0) is 11.8 Å². The van der Waals surface area contributed by atoms with Gasteiger partial charge in [-0.3, -0.25) is 0 Å². The van der Waals surface area contributed by atoms with Crippen LogP contribution in [0.15, 0.2) is 24.3 Å². The van der Waals surface area contributed by atoms with Gasteiger partial charge in [0.2, 0.25) is 0 Å². The molecule has 2 aliphatic carbocycles. The van der Waals surface area contributed by atoms with Crippen LogP contribution in [0, 0.1) is 5.92 Å². The first-order valence-electron chi connectivity index (χ1n) is 8.10. The van der Waals surface area contributed by atoms with Gasteiger partial charge >= 0.3 is 0 Å². The van der Waals surface area contributed by atoms with Crippen molar-refractivity contribution >= 4 is 0 Å². The molecule has 5 rings (SSSR count). The molecule has 1 N–H and O–H groups in total. The number of nitrogens with zero attached hydrogens (tertiary/aromatic N) is 1. The molecule has 116 valence electrons. The Morgan fingerprint density at radius 2 is 2.23 bits per heavy atom. The fraction of sp³-hybridized carbons (Fsp3) is 0.556. The van der Waals surface area contributed by atoms with E-state index in [2.05, 4.69) is 24.1 Å². The van der Waals surface area contributed by atoms with Crippen LogP contribution >= 0.6 is 0 Å². The van der Waals surface area contributed by atoms with E-state index in [0.29, 0.717) is 12.0 Å². The number of benzene rings is 1. The molecule has 1 fully saturated rings. The lowest BCUT2D eigenvalue weighted by atomic mass is 9.53. The lowest BCUT2D eigenvalue weighted by molar-refractivity contribution is -0.0453. The van der Waals surface area contributed by atoms with Gasteiger partial charge in [0.1, 0.15) is 12.2 Å². The second-order valence-corrected chi connectivity index (χ2v) is 7.11. The number of likely N-dealkylation sites (tertiary alicyclic amines) is 1. The number of hydrogen-bond acceptors (Lipinski definition) is 4. The Bertz CT molecular complexity index is 685. The van der Waals surface area contributed by atoms with E-state index in [1.807, 2.05) is 12.1 Å². The quantitative estimate of drug-likeness (QED) is 0.798. The Morgan fingerprint density at radius 3 is 3.05 bits per heavy atom. The summed E-state index contributed by atoms with van der Waals surface area (Å²) in [4.78, 5) is 2.47. The minimum Gasteiger partial charge on any atom is -0.493 e. The van der Waals surface area contributed by atoms with E-state index in [1.165, 1.54) is 11.1 Å². The minimum absolute atomic E-state index is 0.0806. The number of rotatable bonds is 1. The van der Waals surface area contributed by atoms with E-state index in [-0.39, 0.29) is 11.5 Å². The summed E-state index contributed by atoms with van der Waals surface area (Å²) in [6.45, 7) is 1.05. The van der Waals surface area contributed by atoms with Crippen LogP contribution in [0.3, 0.4) is 0 Å². The number of methoxy groups -OCH3 is 1. The summed E-state index contributed by atoms with van der Waals surface area (Å²) in [5, 5.41) is 10.6. The van der Waals surface area contributed by atoms with Crippen molar-refractivity contribution in [3.8, 4) is 11.5 Å². The Morgan fingerprint density at radius 1 is 1.36 bits per heavy atom. The maximum atomic E-state index is 10.6. The van der Waals surface area contributed by atoms with E-state index in [1.54, 1.807) is 7.11 Å². The van der Waals surface area contributed by atoms with Crippen LogP contribution in [0.25, 0.3) is 0 Å². The van der Waals surface area contributed by atoms with Gasteiger partial charge in [-0.05, 0) is 38.1 Å². The van der Waals surface area contributed by atoms with E-state index in [9.17, 15) is 5.11 Å². The van der Waals surface area contributed by atoms with Gasteiger partial charge in [-0.1, -0.05) is 18.2 Å². The first-order chi connectivity index (χ1) is 10.7. The van der Waals surface area contributed by atoms with E-state index < -0.39 is 6.10 Å². The lowest BCUT2D eigenvalue weighted by Gasteiger charge is -2.56. The van der Waals surface area contributed by atoms with Gasteiger partial charge < -0.3 is 19.5 Å². The van der Waals surface area contributed by atoms with E-state index in [0.717, 1.165) is 30.9 Å². The highest BCUT2D eigenvalue weighted by Gasteiger charge is 2.64. The van der Waals surface area contributed by atoms with Crippen molar-refractivity contribution in [1.82, 2.24) is 4.90 Å². The van der Waals surface area contributed by atoms with E-state index >= 15 is 0 Å². The molecular formula is C18H21NO3. The zero-order valence-corrected chi connectivity index (χ0v) is 13.0. The summed E-state index contributed by atoms with van der Waals surface area (Å²) in [5.41, 5.74) is 2.60. The van der Waals surface area contributed by atoms with Crippen LogP contribution in [0.2, 0.25) is 0 Å². The molecule has 4 nitrogen and oxygen atoms in total. The average molecular weight is 299 g/mol. The Kier molecular flexibility index (Phi) is 2.39. The molecule has 4 heteroatoms. The highest BCUT2D eigenvalue weighted by Crippen LogP contribution is 2.62. The van der Waals surface area contributed by atoms with Crippen LogP contribution in [0.1, 0.15) is 17.5 Å². The first kappa shape index (κ1) is 13.0. The molecular weight excluding hydrogens is 278 g/mol. The van der Waals surface area contributed by atoms with Gasteiger partial charge in [0, 0.05) is 22.9 Å². The molecule has 4 aliphatic rings. The fourth-order valence-corrected chi connectivity index (χ4v) is 5.39. The number of hydrogen-bond donors (Lipinski definition) is 1. The molecule has 1 aromatic carbocycles. The smallest absolute Gasteiger partial charge is 0.165 e. The predicted molar refractivity (Wildman–Crippen MR) is 82.5 cm³/mol. The summed E-state index contributed by atoms with van der Waals surface area (Å²) < 4.78 is 11.8. The van der Waals surface area contributed by atoms with Crippen molar-refractivity contribution in [2.24, 2.45) is 5.92 Å². The number of ether oxygens (including phenoxy) is 2. The first-order valence-corrected chi connectivity index (χ1v) is 8.10. The third-order valence-electron chi connectivity index (χ3n) is 6.35. The Labute approximate surface area is 130 Å². The second kappa shape index (κ2) is 4.06. The maximum absolute atomic E-state index is 10.6. The highest BCUT2D eigenvalue weighted by molar-refractivity contribution is 5.62. The van der Waals surface area contributed by atoms with Crippen molar-refractivity contribution in [1.29, 1.82) is 0 Å². The number of piperidine rings is 1. The van der Waals surface area contributed by atoms with Crippen LogP contribution < -0.4 is 9.47 Å². The molecule has 2 bridgehead atoms. The minimum atomic E-state index is -0.539. The largest absolute Gasteiger partial charge is 0.493 e. The summed E-state index contributed by atoms with van der Waals surface area (Å²) in [6.07, 6.45) is 5.54. The van der Waals surface area contributed by atoms with Crippen molar-refractivity contribution in [3.05, 3.63) is 35.4 Å². The third kappa shape index (κ3) is 1.28. The third-order valence-corrected chi connectivity index (χ3v) is 6.35. The molecule has 1 aromatic rings. The molecule has 22 heavy (non-hydrogen) atoms. The normalized spacial score (nSPS) is 41.0. The van der Waals surface area contributed by atoms with Crippen LogP contribution in [0.5, 0.6) is 11.5 Å². The maximum Gasteiger partial charge on any atom is 0.165 e. The molecule has 0 amide bonds. The van der Waals surface area contributed by atoms with Crippen LogP contribution in [-0.4, -0.2) is 49.0 Å². The van der Waals surface area contributed by atoms with Gasteiger partial charge in [0.15, 0.2) is 11.5 Å².